The van der Waals surface area contributed by atoms with E-state index in [1.165, 1.54) is 69.1 Å². The van der Waals surface area contributed by atoms with Gasteiger partial charge in [-0.15, -0.1) is 0 Å². The van der Waals surface area contributed by atoms with Crippen LogP contribution < -0.4 is 4.84 Å². The molecule has 0 spiro atoms. The fourth-order valence-electron chi connectivity index (χ4n) is 3.06. The van der Waals surface area contributed by atoms with Gasteiger partial charge in [0.1, 0.15) is 6.61 Å². The van der Waals surface area contributed by atoms with E-state index in [1.54, 1.807) is 6.20 Å². The van der Waals surface area contributed by atoms with Crippen LogP contribution in [0.25, 0.3) is 0 Å². The summed E-state index contributed by atoms with van der Waals surface area (Å²) in [4.78, 5) is 29.6. The van der Waals surface area contributed by atoms with Gasteiger partial charge in [0.15, 0.2) is 5.69 Å². The van der Waals surface area contributed by atoms with Crippen LogP contribution in [-0.2, 0) is 14.2 Å². The second-order valence-electron chi connectivity index (χ2n) is 7.62. The Kier molecular flexibility index (Phi) is 15.5. The number of aromatic nitrogens is 1. The molecule has 1 N–H and O–H groups in total. The van der Waals surface area contributed by atoms with Crippen molar-refractivity contribution < 1.29 is 33.7 Å². The summed E-state index contributed by atoms with van der Waals surface area (Å²) in [5.74, 6) is -0.779. The molecular weight excluding hydrogens is 438 g/mol. The normalized spacial score (nSPS) is 11.8. The van der Waals surface area contributed by atoms with E-state index in [4.69, 9.17) is 35.8 Å². The van der Waals surface area contributed by atoms with E-state index in [2.05, 4.69) is 6.92 Å². The fraction of sp³-hybridized carbons (Fsp3) is 0.739. The monoisotopic (exact) mass is 475 g/mol. The number of halogens is 1. The van der Waals surface area contributed by atoms with Crippen molar-refractivity contribution in [3.63, 3.8) is 0 Å². The SMILES string of the molecule is CCCCCCCCCCCCOn1ccc(Cl)c1C(=O)OC(C)OC(=O)OCCCO. The quantitative estimate of drug-likeness (QED) is 0.169. The highest BCUT2D eigenvalue weighted by atomic mass is 35.5. The third kappa shape index (κ3) is 12.2. The summed E-state index contributed by atoms with van der Waals surface area (Å²) >= 11 is 6.10. The molecule has 0 aliphatic heterocycles. The van der Waals surface area contributed by atoms with Crippen LogP contribution in [0.5, 0.6) is 0 Å². The van der Waals surface area contributed by atoms with E-state index < -0.39 is 18.4 Å². The number of esters is 1. The highest BCUT2D eigenvalue weighted by Gasteiger charge is 2.23. The molecule has 0 bridgehead atoms. The molecule has 184 valence electrons. The van der Waals surface area contributed by atoms with Crippen LogP contribution in [0.2, 0.25) is 5.02 Å². The van der Waals surface area contributed by atoms with Crippen LogP contribution >= 0.6 is 11.6 Å². The Morgan fingerprint density at radius 1 is 0.969 bits per heavy atom. The van der Waals surface area contributed by atoms with Gasteiger partial charge in [0, 0.05) is 26.1 Å². The summed E-state index contributed by atoms with van der Waals surface area (Å²) in [6.45, 7) is 3.97. The summed E-state index contributed by atoms with van der Waals surface area (Å²) < 4.78 is 16.0. The van der Waals surface area contributed by atoms with Gasteiger partial charge < -0.3 is 24.2 Å². The molecule has 0 saturated carbocycles. The second-order valence-corrected chi connectivity index (χ2v) is 8.03. The van der Waals surface area contributed by atoms with E-state index in [9.17, 15) is 9.59 Å². The zero-order valence-electron chi connectivity index (χ0n) is 19.4. The number of aliphatic hydroxyl groups excluding tert-OH is 1. The molecule has 0 saturated heterocycles. The maximum atomic E-state index is 12.4. The molecule has 0 amide bonds. The Morgan fingerprint density at radius 2 is 1.59 bits per heavy atom. The Balaban J connectivity index is 2.28. The lowest BCUT2D eigenvalue weighted by molar-refractivity contribution is -0.0836. The van der Waals surface area contributed by atoms with Gasteiger partial charge in [0.25, 0.3) is 0 Å². The van der Waals surface area contributed by atoms with Crippen LogP contribution in [0.15, 0.2) is 12.3 Å². The molecule has 0 aromatic carbocycles. The number of hydrogen-bond donors (Lipinski definition) is 1. The first-order valence-electron chi connectivity index (χ1n) is 11.6. The minimum atomic E-state index is -1.18. The molecule has 0 radical (unpaired) electrons. The molecule has 0 aliphatic rings. The van der Waals surface area contributed by atoms with Crippen LogP contribution in [0.1, 0.15) is 95.0 Å². The van der Waals surface area contributed by atoms with Crippen molar-refractivity contribution in [1.82, 2.24) is 4.73 Å². The highest BCUT2D eigenvalue weighted by Crippen LogP contribution is 2.19. The first-order chi connectivity index (χ1) is 15.5. The highest BCUT2D eigenvalue weighted by molar-refractivity contribution is 6.33. The molecule has 1 aromatic heterocycles. The number of aliphatic hydroxyl groups is 1. The zero-order valence-corrected chi connectivity index (χ0v) is 20.1. The molecule has 1 aromatic rings. The molecule has 1 unspecified atom stereocenters. The van der Waals surface area contributed by atoms with Crippen molar-refractivity contribution >= 4 is 23.7 Å². The third-order valence-electron chi connectivity index (χ3n) is 4.78. The van der Waals surface area contributed by atoms with E-state index in [0.717, 1.165) is 12.8 Å². The van der Waals surface area contributed by atoms with Gasteiger partial charge in [-0.1, -0.05) is 69.9 Å². The second kappa shape index (κ2) is 17.6. The Hall–Kier alpha value is -1.93. The number of ether oxygens (including phenoxy) is 3. The molecule has 32 heavy (non-hydrogen) atoms. The van der Waals surface area contributed by atoms with E-state index in [-0.39, 0.29) is 23.9 Å². The average Bonchev–Trinajstić information content (AvgIpc) is 3.12. The van der Waals surface area contributed by atoms with Gasteiger partial charge in [0.05, 0.1) is 11.6 Å². The molecule has 1 atom stereocenters. The predicted molar refractivity (Wildman–Crippen MR) is 122 cm³/mol. The number of hydrogen-bond acceptors (Lipinski definition) is 7. The fourth-order valence-corrected chi connectivity index (χ4v) is 3.28. The first kappa shape index (κ1) is 28.1. The minimum absolute atomic E-state index is 0.0114. The maximum absolute atomic E-state index is 12.4. The largest absolute Gasteiger partial charge is 0.511 e. The number of nitrogens with zero attached hydrogens (tertiary/aromatic N) is 1. The Labute approximate surface area is 196 Å². The maximum Gasteiger partial charge on any atom is 0.511 e. The molecule has 8 nitrogen and oxygen atoms in total. The summed E-state index contributed by atoms with van der Waals surface area (Å²) in [5, 5.41) is 8.85. The summed E-state index contributed by atoms with van der Waals surface area (Å²) in [5.41, 5.74) is 0.0304. The minimum Gasteiger partial charge on any atom is -0.434 e. The number of rotatable bonds is 18. The molecule has 9 heteroatoms. The number of unbranched alkanes of at least 4 members (excludes halogenated alkanes) is 9. The molecule has 0 aliphatic carbocycles. The summed E-state index contributed by atoms with van der Waals surface area (Å²) in [6.07, 6.45) is 11.9. The van der Waals surface area contributed by atoms with E-state index in [0.29, 0.717) is 13.0 Å². The zero-order chi connectivity index (χ0) is 23.6. The summed E-state index contributed by atoms with van der Waals surface area (Å²) in [6, 6.07) is 1.53. The van der Waals surface area contributed by atoms with Crippen LogP contribution in [0.3, 0.4) is 0 Å². The lowest BCUT2D eigenvalue weighted by Crippen LogP contribution is -2.25. The number of carbonyl (C=O) groups excluding carboxylic acids is 2. The van der Waals surface area contributed by atoms with Gasteiger partial charge in [-0.2, -0.15) is 4.73 Å². The van der Waals surface area contributed by atoms with Crippen molar-refractivity contribution in [3.05, 3.63) is 23.0 Å². The molecule has 1 rings (SSSR count). The van der Waals surface area contributed by atoms with Crippen molar-refractivity contribution in [1.29, 1.82) is 0 Å². The first-order valence-corrected chi connectivity index (χ1v) is 12.0. The van der Waals surface area contributed by atoms with Crippen LogP contribution in [0, 0.1) is 0 Å². The van der Waals surface area contributed by atoms with Gasteiger partial charge >= 0.3 is 12.1 Å². The predicted octanol–water partition coefficient (Wildman–Crippen LogP) is 5.53. The third-order valence-corrected chi connectivity index (χ3v) is 5.09. The van der Waals surface area contributed by atoms with E-state index in [1.807, 2.05) is 0 Å². The molecule has 0 fully saturated rings. The topological polar surface area (TPSA) is 96.2 Å². The van der Waals surface area contributed by atoms with Crippen molar-refractivity contribution in [2.24, 2.45) is 0 Å². The lowest BCUT2D eigenvalue weighted by atomic mass is 10.1. The standard InChI is InChI=1S/C23H38ClNO7/c1-3-4-5-6-7-8-9-10-11-12-18-30-25-15-14-20(24)21(25)22(27)31-19(2)32-23(28)29-17-13-16-26/h14-15,19,26H,3-13,16-18H2,1-2H3. The van der Waals surface area contributed by atoms with Gasteiger partial charge in [-0.25, -0.2) is 9.59 Å². The Bertz CT molecular complexity index is 650. The molecule has 1 heterocycles. The smallest absolute Gasteiger partial charge is 0.434 e. The van der Waals surface area contributed by atoms with Crippen molar-refractivity contribution in [3.8, 4) is 0 Å². The molecular formula is C23H38ClNO7. The van der Waals surface area contributed by atoms with Crippen LogP contribution in [0.4, 0.5) is 4.79 Å². The average molecular weight is 476 g/mol. The Morgan fingerprint density at radius 3 is 2.22 bits per heavy atom. The number of carbonyl (C=O) groups is 2. The van der Waals surface area contributed by atoms with Gasteiger partial charge in [-0.05, 0) is 18.9 Å². The summed E-state index contributed by atoms with van der Waals surface area (Å²) in [7, 11) is 0. The van der Waals surface area contributed by atoms with Crippen molar-refractivity contribution in [2.45, 2.75) is 90.8 Å². The van der Waals surface area contributed by atoms with Crippen LogP contribution in [-0.4, -0.2) is 48.1 Å². The van der Waals surface area contributed by atoms with Crippen molar-refractivity contribution in [2.75, 3.05) is 19.8 Å². The van der Waals surface area contributed by atoms with Gasteiger partial charge in [-0.3, -0.25) is 0 Å². The lowest BCUT2D eigenvalue weighted by Gasteiger charge is -2.15. The van der Waals surface area contributed by atoms with E-state index >= 15 is 0 Å². The van der Waals surface area contributed by atoms with Gasteiger partial charge in [0.2, 0.25) is 6.29 Å².